The maximum Gasteiger partial charge on any atom is 0.319 e. The van der Waals surface area contributed by atoms with Crippen LogP contribution in [0, 0.1) is 6.92 Å². The van der Waals surface area contributed by atoms with Crippen molar-refractivity contribution in [3.05, 3.63) is 59.7 Å². The number of carbonyl (C=O) groups is 2. The molecule has 3 N–H and O–H groups in total. The van der Waals surface area contributed by atoms with Crippen LogP contribution in [0.25, 0.3) is 0 Å². The lowest BCUT2D eigenvalue weighted by molar-refractivity contribution is 0.0947. The van der Waals surface area contributed by atoms with E-state index in [4.69, 9.17) is 4.74 Å². The fourth-order valence-electron chi connectivity index (χ4n) is 2.31. The topological polar surface area (TPSA) is 79.5 Å². The molecule has 0 bridgehead atoms. The van der Waals surface area contributed by atoms with Gasteiger partial charge in [-0.2, -0.15) is 0 Å². The van der Waals surface area contributed by atoms with Gasteiger partial charge in [-0.3, -0.25) is 4.79 Å². The van der Waals surface area contributed by atoms with Gasteiger partial charge in [0.05, 0.1) is 6.54 Å². The Morgan fingerprint density at radius 2 is 1.85 bits per heavy atom. The first-order valence-electron chi connectivity index (χ1n) is 8.60. The predicted molar refractivity (Wildman–Crippen MR) is 103 cm³/mol. The Kier molecular flexibility index (Phi) is 7.02. The van der Waals surface area contributed by atoms with Crippen molar-refractivity contribution in [1.29, 1.82) is 0 Å². The van der Waals surface area contributed by atoms with Crippen molar-refractivity contribution in [3.63, 3.8) is 0 Å². The van der Waals surface area contributed by atoms with E-state index in [1.165, 1.54) is 0 Å². The van der Waals surface area contributed by atoms with Crippen molar-refractivity contribution >= 4 is 17.6 Å². The number of hydrogen-bond acceptors (Lipinski definition) is 3. The number of amides is 3. The summed E-state index contributed by atoms with van der Waals surface area (Å²) >= 11 is 0. The smallest absolute Gasteiger partial charge is 0.319 e. The molecule has 2 rings (SSSR count). The molecule has 138 valence electrons. The van der Waals surface area contributed by atoms with E-state index in [0.717, 1.165) is 11.3 Å². The van der Waals surface area contributed by atoms with Crippen LogP contribution >= 0.6 is 0 Å². The Morgan fingerprint density at radius 3 is 2.58 bits per heavy atom. The Balaban J connectivity index is 1.82. The number of hydrogen-bond donors (Lipinski definition) is 3. The molecule has 0 aliphatic heterocycles. The van der Waals surface area contributed by atoms with Gasteiger partial charge in [-0.15, -0.1) is 0 Å². The van der Waals surface area contributed by atoms with Gasteiger partial charge in [0.25, 0.3) is 5.91 Å². The minimum Gasteiger partial charge on any atom is -0.491 e. The minimum atomic E-state index is -0.302. The van der Waals surface area contributed by atoms with Gasteiger partial charge in [-0.1, -0.05) is 24.3 Å². The first-order chi connectivity index (χ1) is 12.5. The second-order valence-corrected chi connectivity index (χ2v) is 6.20. The molecule has 2 aromatic rings. The Labute approximate surface area is 153 Å². The third-order valence-corrected chi connectivity index (χ3v) is 3.54. The van der Waals surface area contributed by atoms with Gasteiger partial charge in [0.2, 0.25) is 0 Å². The van der Waals surface area contributed by atoms with Crippen molar-refractivity contribution in [1.82, 2.24) is 10.6 Å². The van der Waals surface area contributed by atoms with Crippen LogP contribution in [0.3, 0.4) is 0 Å². The fourth-order valence-corrected chi connectivity index (χ4v) is 2.31. The summed E-state index contributed by atoms with van der Waals surface area (Å²) in [6, 6.07) is 14.3. The number of aryl methyl sites for hydroxylation is 1. The fraction of sp³-hybridized carbons (Fsp3) is 0.300. The molecule has 0 aliphatic carbocycles. The highest BCUT2D eigenvalue weighted by atomic mass is 16.5. The van der Waals surface area contributed by atoms with Gasteiger partial charge in [-0.05, 0) is 50.6 Å². The summed E-state index contributed by atoms with van der Waals surface area (Å²) in [5.41, 5.74) is 2.09. The van der Waals surface area contributed by atoms with Gasteiger partial charge in [0.1, 0.15) is 12.4 Å². The minimum absolute atomic E-state index is 0.0368. The zero-order valence-electron chi connectivity index (χ0n) is 15.3. The molecule has 26 heavy (non-hydrogen) atoms. The van der Waals surface area contributed by atoms with Gasteiger partial charge < -0.3 is 20.7 Å². The monoisotopic (exact) mass is 355 g/mol. The zero-order chi connectivity index (χ0) is 18.9. The molecule has 0 saturated carbocycles. The van der Waals surface area contributed by atoms with E-state index in [0.29, 0.717) is 24.4 Å². The molecule has 0 aliphatic rings. The highest BCUT2D eigenvalue weighted by molar-refractivity contribution is 5.96. The molecule has 0 radical (unpaired) electrons. The van der Waals surface area contributed by atoms with Crippen LogP contribution in [0.4, 0.5) is 10.5 Å². The van der Waals surface area contributed by atoms with Crippen LogP contribution < -0.4 is 20.7 Å². The number of carbonyl (C=O) groups excluding carboxylic acids is 2. The van der Waals surface area contributed by atoms with E-state index >= 15 is 0 Å². The first-order valence-corrected chi connectivity index (χ1v) is 8.60. The third kappa shape index (κ3) is 6.12. The van der Waals surface area contributed by atoms with Crippen molar-refractivity contribution in [2.45, 2.75) is 26.8 Å². The number of urea groups is 1. The van der Waals surface area contributed by atoms with E-state index in [9.17, 15) is 9.59 Å². The summed E-state index contributed by atoms with van der Waals surface area (Å²) in [7, 11) is 0. The van der Waals surface area contributed by atoms with Gasteiger partial charge in [0, 0.05) is 17.3 Å². The molecular weight excluding hydrogens is 330 g/mol. The van der Waals surface area contributed by atoms with Crippen molar-refractivity contribution in [3.8, 4) is 5.75 Å². The molecule has 0 unspecified atom stereocenters. The van der Waals surface area contributed by atoms with E-state index in [2.05, 4.69) is 16.0 Å². The van der Waals surface area contributed by atoms with E-state index in [1.807, 2.05) is 45.0 Å². The highest BCUT2D eigenvalue weighted by Gasteiger charge is 2.08. The number of para-hydroxylation sites is 1. The maximum atomic E-state index is 12.2. The van der Waals surface area contributed by atoms with Crippen LogP contribution in [0.2, 0.25) is 0 Å². The summed E-state index contributed by atoms with van der Waals surface area (Å²) in [6.07, 6.45) is 0. The summed E-state index contributed by atoms with van der Waals surface area (Å²) in [5.74, 6) is 0.593. The van der Waals surface area contributed by atoms with Gasteiger partial charge in [-0.25, -0.2) is 4.79 Å². The number of anilines is 1. The molecule has 0 fully saturated rings. The molecular formula is C20H25N3O3. The Hall–Kier alpha value is -3.02. The van der Waals surface area contributed by atoms with Crippen LogP contribution in [-0.2, 0) is 0 Å². The molecule has 0 atom stereocenters. The van der Waals surface area contributed by atoms with Crippen LogP contribution in [-0.4, -0.2) is 31.1 Å². The number of benzene rings is 2. The third-order valence-electron chi connectivity index (χ3n) is 3.54. The SMILES string of the molecule is Cc1ccccc1OCCNC(=O)c1cccc(NC(=O)NC(C)C)c1. The number of nitrogens with one attached hydrogen (secondary N) is 3. The molecule has 6 heteroatoms. The van der Waals surface area contributed by atoms with Gasteiger partial charge >= 0.3 is 6.03 Å². The normalized spacial score (nSPS) is 10.3. The second kappa shape index (κ2) is 9.46. The van der Waals surface area contributed by atoms with Crippen molar-refractivity contribution in [2.75, 3.05) is 18.5 Å². The summed E-state index contributed by atoms with van der Waals surface area (Å²) in [6.45, 7) is 6.50. The molecule has 2 aromatic carbocycles. The number of rotatable bonds is 7. The molecule has 0 spiro atoms. The predicted octanol–water partition coefficient (Wildman–Crippen LogP) is 3.33. The molecule has 3 amide bonds. The Morgan fingerprint density at radius 1 is 1.08 bits per heavy atom. The quantitative estimate of drug-likeness (QED) is 0.667. The van der Waals surface area contributed by atoms with Crippen LogP contribution in [0.5, 0.6) is 5.75 Å². The van der Waals surface area contributed by atoms with Crippen molar-refractivity contribution in [2.24, 2.45) is 0 Å². The Bertz CT molecular complexity index is 759. The largest absolute Gasteiger partial charge is 0.491 e. The summed E-state index contributed by atoms with van der Waals surface area (Å²) in [5, 5.41) is 8.25. The lowest BCUT2D eigenvalue weighted by Gasteiger charge is -2.12. The number of ether oxygens (including phenoxy) is 1. The maximum absolute atomic E-state index is 12.2. The summed E-state index contributed by atoms with van der Waals surface area (Å²) in [4.78, 5) is 24.0. The van der Waals surface area contributed by atoms with E-state index in [1.54, 1.807) is 24.3 Å². The van der Waals surface area contributed by atoms with Crippen LogP contribution in [0.15, 0.2) is 48.5 Å². The molecule has 0 saturated heterocycles. The average Bonchev–Trinajstić information content (AvgIpc) is 2.59. The average molecular weight is 355 g/mol. The standard InChI is InChI=1S/C20H25N3O3/c1-14(2)22-20(25)23-17-9-6-8-16(13-17)19(24)21-11-12-26-18-10-5-4-7-15(18)3/h4-10,13-14H,11-12H2,1-3H3,(H,21,24)(H2,22,23,25). The molecule has 6 nitrogen and oxygen atoms in total. The van der Waals surface area contributed by atoms with Gasteiger partial charge in [0.15, 0.2) is 0 Å². The van der Waals surface area contributed by atoms with Crippen LogP contribution in [0.1, 0.15) is 29.8 Å². The lowest BCUT2D eigenvalue weighted by Crippen LogP contribution is -2.34. The summed E-state index contributed by atoms with van der Waals surface area (Å²) < 4.78 is 5.66. The molecule has 0 heterocycles. The van der Waals surface area contributed by atoms with E-state index < -0.39 is 0 Å². The zero-order valence-corrected chi connectivity index (χ0v) is 15.3. The van der Waals surface area contributed by atoms with Crippen molar-refractivity contribution < 1.29 is 14.3 Å². The first kappa shape index (κ1) is 19.3. The highest BCUT2D eigenvalue weighted by Crippen LogP contribution is 2.15. The van der Waals surface area contributed by atoms with E-state index in [-0.39, 0.29) is 18.0 Å². The second-order valence-electron chi connectivity index (χ2n) is 6.20. The molecule has 0 aromatic heterocycles. The lowest BCUT2D eigenvalue weighted by atomic mass is 10.2.